The van der Waals surface area contributed by atoms with Crippen molar-refractivity contribution < 1.29 is 4.79 Å². The Labute approximate surface area is 130 Å². The number of aromatic nitrogens is 2. The fourth-order valence-corrected chi connectivity index (χ4v) is 2.97. The Morgan fingerprint density at radius 3 is 2.10 bits per heavy atom. The van der Waals surface area contributed by atoms with E-state index in [4.69, 9.17) is 0 Å². The number of hydrogen-bond donors (Lipinski definition) is 0. The molecule has 0 N–H and O–H groups in total. The van der Waals surface area contributed by atoms with Crippen molar-refractivity contribution in [2.24, 2.45) is 0 Å². The Balaban J connectivity index is 2.53. The summed E-state index contributed by atoms with van der Waals surface area (Å²) in [6, 6.07) is 0. The van der Waals surface area contributed by atoms with E-state index in [9.17, 15) is 4.79 Å². The molecule has 0 amide bonds. The molecule has 0 aromatic carbocycles. The highest BCUT2D eigenvalue weighted by atomic mass is 16.1. The summed E-state index contributed by atoms with van der Waals surface area (Å²) in [6.45, 7) is 9.06. The predicted molar refractivity (Wildman–Crippen MR) is 89.0 cm³/mol. The van der Waals surface area contributed by atoms with Crippen LogP contribution in [0, 0.1) is 0 Å². The summed E-state index contributed by atoms with van der Waals surface area (Å²) in [7, 11) is 0. The first-order valence-corrected chi connectivity index (χ1v) is 8.75. The molecule has 0 saturated heterocycles. The Bertz CT molecular complexity index is 435. The third-order valence-electron chi connectivity index (χ3n) is 4.13. The summed E-state index contributed by atoms with van der Waals surface area (Å²) in [5.41, 5.74) is 2.98. The van der Waals surface area contributed by atoms with Gasteiger partial charge in [0.15, 0.2) is 5.78 Å². The third kappa shape index (κ3) is 5.29. The van der Waals surface area contributed by atoms with Gasteiger partial charge in [-0.05, 0) is 26.2 Å². The van der Waals surface area contributed by atoms with Gasteiger partial charge in [-0.25, -0.2) is 0 Å². The summed E-state index contributed by atoms with van der Waals surface area (Å²) in [5, 5.41) is 4.66. The van der Waals surface area contributed by atoms with Crippen molar-refractivity contribution >= 4 is 5.78 Å². The van der Waals surface area contributed by atoms with Gasteiger partial charge < -0.3 is 0 Å². The van der Waals surface area contributed by atoms with Gasteiger partial charge in [-0.1, -0.05) is 59.3 Å². The number of nitrogens with zero attached hydrogens (tertiary/aromatic N) is 2. The van der Waals surface area contributed by atoms with Gasteiger partial charge in [0.2, 0.25) is 0 Å². The molecule has 0 atom stereocenters. The number of aryl methyl sites for hydroxylation is 2. The van der Waals surface area contributed by atoms with E-state index in [1.165, 1.54) is 44.9 Å². The van der Waals surface area contributed by atoms with Crippen LogP contribution in [0.2, 0.25) is 0 Å². The lowest BCUT2D eigenvalue weighted by Gasteiger charge is -2.07. The smallest absolute Gasteiger partial charge is 0.163 e. The largest absolute Gasteiger partial charge is 0.294 e. The second kappa shape index (κ2) is 9.75. The highest BCUT2D eigenvalue weighted by Crippen LogP contribution is 2.18. The maximum Gasteiger partial charge on any atom is 0.163 e. The standard InChI is InChI=1S/C18H32N2O/c1-5-8-9-10-11-12-13-14-20-17(7-3)18(15(4)21)16(6-2)19-20/h5-14H2,1-4H3. The molecule has 0 bridgehead atoms. The van der Waals surface area contributed by atoms with Crippen LogP contribution >= 0.6 is 0 Å². The van der Waals surface area contributed by atoms with E-state index < -0.39 is 0 Å². The Hall–Kier alpha value is -1.12. The van der Waals surface area contributed by atoms with Crippen LogP contribution in [0.1, 0.15) is 94.4 Å². The van der Waals surface area contributed by atoms with Gasteiger partial charge in [0.25, 0.3) is 0 Å². The van der Waals surface area contributed by atoms with Crippen molar-refractivity contribution in [3.05, 3.63) is 17.0 Å². The number of ketones is 1. The predicted octanol–water partition coefficient (Wildman–Crippen LogP) is 4.96. The van der Waals surface area contributed by atoms with Crippen LogP contribution in [-0.2, 0) is 19.4 Å². The van der Waals surface area contributed by atoms with E-state index in [-0.39, 0.29) is 5.78 Å². The van der Waals surface area contributed by atoms with Gasteiger partial charge in [-0.3, -0.25) is 9.48 Å². The lowest BCUT2D eigenvalue weighted by Crippen LogP contribution is -2.07. The van der Waals surface area contributed by atoms with Gasteiger partial charge in [-0.15, -0.1) is 0 Å². The molecule has 0 unspecified atom stereocenters. The Morgan fingerprint density at radius 2 is 1.57 bits per heavy atom. The number of hydrogen-bond acceptors (Lipinski definition) is 2. The molecule has 1 aromatic rings. The Morgan fingerprint density at radius 1 is 0.952 bits per heavy atom. The second-order valence-electron chi connectivity index (χ2n) is 5.88. The molecule has 3 nitrogen and oxygen atoms in total. The van der Waals surface area contributed by atoms with Crippen LogP contribution in [0.4, 0.5) is 0 Å². The van der Waals surface area contributed by atoms with Gasteiger partial charge in [0, 0.05) is 12.2 Å². The van der Waals surface area contributed by atoms with E-state index in [0.717, 1.165) is 36.3 Å². The maximum atomic E-state index is 11.8. The molecule has 120 valence electrons. The lowest BCUT2D eigenvalue weighted by molar-refractivity contribution is 0.101. The lowest BCUT2D eigenvalue weighted by atomic mass is 10.1. The van der Waals surface area contributed by atoms with Crippen molar-refractivity contribution in [1.29, 1.82) is 0 Å². The summed E-state index contributed by atoms with van der Waals surface area (Å²) in [5.74, 6) is 0.162. The molecule has 1 heterocycles. The normalized spacial score (nSPS) is 11.0. The molecule has 0 fully saturated rings. The molecular weight excluding hydrogens is 260 g/mol. The molecule has 0 saturated carbocycles. The summed E-state index contributed by atoms with van der Waals surface area (Å²) < 4.78 is 2.08. The molecular formula is C18H32N2O. The summed E-state index contributed by atoms with van der Waals surface area (Å²) >= 11 is 0. The molecule has 0 radical (unpaired) electrons. The zero-order valence-corrected chi connectivity index (χ0v) is 14.4. The van der Waals surface area contributed by atoms with Gasteiger partial charge in [0.05, 0.1) is 11.3 Å². The van der Waals surface area contributed by atoms with E-state index >= 15 is 0 Å². The summed E-state index contributed by atoms with van der Waals surface area (Å²) in [6.07, 6.45) is 10.9. The molecule has 1 rings (SSSR count). The first-order valence-electron chi connectivity index (χ1n) is 8.75. The average Bonchev–Trinajstić information content (AvgIpc) is 2.84. The molecule has 0 spiro atoms. The van der Waals surface area contributed by atoms with Crippen molar-refractivity contribution in [2.75, 3.05) is 0 Å². The van der Waals surface area contributed by atoms with Crippen LogP contribution in [0.25, 0.3) is 0 Å². The van der Waals surface area contributed by atoms with Gasteiger partial charge in [-0.2, -0.15) is 5.10 Å². The summed E-state index contributed by atoms with van der Waals surface area (Å²) in [4.78, 5) is 11.8. The number of carbonyl (C=O) groups excluding carboxylic acids is 1. The molecule has 0 aliphatic heterocycles. The zero-order valence-electron chi connectivity index (χ0n) is 14.4. The minimum atomic E-state index is 0.162. The van der Waals surface area contributed by atoms with Gasteiger partial charge >= 0.3 is 0 Å². The third-order valence-corrected chi connectivity index (χ3v) is 4.13. The van der Waals surface area contributed by atoms with E-state index in [1.54, 1.807) is 6.92 Å². The van der Waals surface area contributed by atoms with Crippen LogP contribution in [0.5, 0.6) is 0 Å². The minimum absolute atomic E-state index is 0.162. The van der Waals surface area contributed by atoms with Crippen LogP contribution in [0.15, 0.2) is 0 Å². The second-order valence-corrected chi connectivity index (χ2v) is 5.88. The fourth-order valence-electron chi connectivity index (χ4n) is 2.97. The molecule has 1 aromatic heterocycles. The monoisotopic (exact) mass is 292 g/mol. The van der Waals surface area contributed by atoms with E-state index in [0.29, 0.717) is 0 Å². The van der Waals surface area contributed by atoms with Crippen molar-refractivity contribution in [2.45, 2.75) is 92.0 Å². The molecule has 0 aliphatic carbocycles. The first kappa shape index (κ1) is 17.9. The van der Waals surface area contributed by atoms with Crippen LogP contribution < -0.4 is 0 Å². The highest BCUT2D eigenvalue weighted by molar-refractivity contribution is 5.96. The SMILES string of the molecule is CCCCCCCCCn1nc(CC)c(C(C)=O)c1CC. The first-order chi connectivity index (χ1) is 10.2. The van der Waals surface area contributed by atoms with E-state index in [2.05, 4.69) is 30.6 Å². The molecule has 0 aliphatic rings. The highest BCUT2D eigenvalue weighted by Gasteiger charge is 2.18. The molecule has 21 heavy (non-hydrogen) atoms. The number of Topliss-reactive ketones (excluding diaryl/α,β-unsaturated/α-hetero) is 1. The average molecular weight is 292 g/mol. The van der Waals surface area contributed by atoms with E-state index in [1.807, 2.05) is 0 Å². The number of rotatable bonds is 11. The quantitative estimate of drug-likeness (QED) is 0.427. The topological polar surface area (TPSA) is 34.9 Å². The van der Waals surface area contributed by atoms with Crippen LogP contribution in [0.3, 0.4) is 0 Å². The Kier molecular flexibility index (Phi) is 8.33. The minimum Gasteiger partial charge on any atom is -0.294 e. The zero-order chi connectivity index (χ0) is 15.7. The van der Waals surface area contributed by atoms with Crippen LogP contribution in [-0.4, -0.2) is 15.6 Å². The van der Waals surface area contributed by atoms with Crippen molar-refractivity contribution in [3.8, 4) is 0 Å². The van der Waals surface area contributed by atoms with Crippen molar-refractivity contribution in [3.63, 3.8) is 0 Å². The maximum absolute atomic E-state index is 11.8. The van der Waals surface area contributed by atoms with Gasteiger partial charge in [0.1, 0.15) is 0 Å². The fraction of sp³-hybridized carbons (Fsp3) is 0.778. The number of unbranched alkanes of at least 4 members (excludes halogenated alkanes) is 6. The number of carbonyl (C=O) groups is 1. The molecule has 3 heteroatoms. The van der Waals surface area contributed by atoms with Crippen molar-refractivity contribution in [1.82, 2.24) is 9.78 Å².